The lowest BCUT2D eigenvalue weighted by atomic mass is 9.91. The van der Waals surface area contributed by atoms with E-state index in [1.807, 2.05) is 26.2 Å². The van der Waals surface area contributed by atoms with E-state index in [0.717, 1.165) is 17.8 Å². The van der Waals surface area contributed by atoms with Crippen molar-refractivity contribution in [2.24, 2.45) is 0 Å². The molecule has 0 saturated heterocycles. The van der Waals surface area contributed by atoms with Crippen molar-refractivity contribution >= 4 is 11.6 Å². The van der Waals surface area contributed by atoms with Gasteiger partial charge in [-0.3, -0.25) is 0 Å². The molecule has 0 atom stereocenters. The first-order valence-electron chi connectivity index (χ1n) is 6.18. The zero-order valence-corrected chi connectivity index (χ0v) is 12.7. The van der Waals surface area contributed by atoms with Gasteiger partial charge in [-0.15, -0.1) is 11.6 Å². The lowest BCUT2D eigenvalue weighted by Crippen LogP contribution is -2.20. The molecule has 1 heterocycles. The first kappa shape index (κ1) is 15.3. The highest BCUT2D eigenvalue weighted by Crippen LogP contribution is 2.24. The second-order valence-corrected chi connectivity index (χ2v) is 6.00. The van der Waals surface area contributed by atoms with Gasteiger partial charge < -0.3 is 9.64 Å². The Hall–Kier alpha value is -0.800. The molecule has 1 aromatic heterocycles. The van der Waals surface area contributed by atoms with Gasteiger partial charge in [0, 0.05) is 23.9 Å². The van der Waals surface area contributed by atoms with Gasteiger partial charge in [-0.1, -0.05) is 20.8 Å². The summed E-state index contributed by atoms with van der Waals surface area (Å²) in [7, 11) is 4.04. The van der Waals surface area contributed by atoms with E-state index in [4.69, 9.17) is 16.3 Å². The van der Waals surface area contributed by atoms with Crippen LogP contribution in [-0.2, 0) is 11.3 Å². The third-order valence-corrected chi connectivity index (χ3v) is 2.88. The Morgan fingerprint density at radius 2 is 1.94 bits per heavy atom. The van der Waals surface area contributed by atoms with E-state index in [1.165, 1.54) is 0 Å². The van der Waals surface area contributed by atoms with E-state index in [1.54, 1.807) is 0 Å². The smallest absolute Gasteiger partial charge is 0.213 e. The van der Waals surface area contributed by atoms with Crippen molar-refractivity contribution in [1.29, 1.82) is 0 Å². The lowest BCUT2D eigenvalue weighted by molar-refractivity contribution is 0.252. The number of nitrogens with zero attached hydrogens (tertiary/aromatic N) is 2. The highest BCUT2D eigenvalue weighted by Gasteiger charge is 2.17. The van der Waals surface area contributed by atoms with E-state index in [2.05, 4.69) is 30.7 Å². The molecular formula is C14H23ClN2O. The third kappa shape index (κ3) is 4.83. The number of ether oxygens (including phenoxy) is 1. The fourth-order valence-corrected chi connectivity index (χ4v) is 1.58. The topological polar surface area (TPSA) is 25.4 Å². The minimum Gasteiger partial charge on any atom is -0.476 e. The van der Waals surface area contributed by atoms with Crippen molar-refractivity contribution in [3.63, 3.8) is 0 Å². The molecule has 3 nitrogen and oxygen atoms in total. The molecule has 0 bridgehead atoms. The van der Waals surface area contributed by atoms with Crippen LogP contribution in [0.2, 0.25) is 0 Å². The summed E-state index contributed by atoms with van der Waals surface area (Å²) >= 11 is 5.91. The quantitative estimate of drug-likeness (QED) is 0.769. The van der Waals surface area contributed by atoms with Crippen LogP contribution in [0.1, 0.15) is 32.0 Å². The number of hydrogen-bond donors (Lipinski definition) is 0. The van der Waals surface area contributed by atoms with Gasteiger partial charge in [0.05, 0.1) is 5.69 Å². The van der Waals surface area contributed by atoms with E-state index < -0.39 is 0 Å². The molecular weight excluding hydrogens is 248 g/mol. The zero-order chi connectivity index (χ0) is 13.8. The first-order chi connectivity index (χ1) is 8.32. The minimum atomic E-state index is 0.00171. The molecule has 0 fully saturated rings. The summed E-state index contributed by atoms with van der Waals surface area (Å²) in [5.41, 5.74) is 2.07. The Kier molecular flexibility index (Phi) is 5.42. The third-order valence-electron chi connectivity index (χ3n) is 2.57. The van der Waals surface area contributed by atoms with Crippen molar-refractivity contribution in [2.75, 3.05) is 27.2 Å². The van der Waals surface area contributed by atoms with E-state index in [-0.39, 0.29) is 5.41 Å². The molecule has 0 aliphatic heterocycles. The average Bonchev–Trinajstić information content (AvgIpc) is 2.27. The van der Waals surface area contributed by atoms with Gasteiger partial charge >= 0.3 is 0 Å². The van der Waals surface area contributed by atoms with Crippen molar-refractivity contribution < 1.29 is 4.74 Å². The van der Waals surface area contributed by atoms with Crippen LogP contribution in [0.4, 0.5) is 0 Å². The monoisotopic (exact) mass is 270 g/mol. The second-order valence-electron chi connectivity index (χ2n) is 5.73. The summed E-state index contributed by atoms with van der Waals surface area (Å²) < 4.78 is 5.68. The maximum absolute atomic E-state index is 5.91. The molecule has 0 aliphatic rings. The number of aromatic nitrogens is 1. The maximum Gasteiger partial charge on any atom is 0.213 e. The fraction of sp³-hybridized carbons (Fsp3) is 0.643. The van der Waals surface area contributed by atoms with Gasteiger partial charge in [0.2, 0.25) is 5.88 Å². The molecule has 4 heteroatoms. The van der Waals surface area contributed by atoms with Crippen LogP contribution in [0.25, 0.3) is 0 Å². The standard InChI is InChI=1S/C14H23ClN2O/c1-14(2,3)12-8-11(10-15)9-13(16-12)18-7-6-17(4)5/h8-9H,6-7,10H2,1-5H3. The minimum absolute atomic E-state index is 0.00171. The molecule has 1 aromatic rings. The SMILES string of the molecule is CN(C)CCOc1cc(CCl)cc(C(C)(C)C)n1. The Balaban J connectivity index is 2.84. The largest absolute Gasteiger partial charge is 0.476 e. The van der Waals surface area contributed by atoms with Crippen molar-refractivity contribution in [3.05, 3.63) is 23.4 Å². The summed E-state index contributed by atoms with van der Waals surface area (Å²) in [5.74, 6) is 1.15. The Bertz CT molecular complexity index is 386. The molecule has 0 aliphatic carbocycles. The Morgan fingerprint density at radius 3 is 2.44 bits per heavy atom. The summed E-state index contributed by atoms with van der Waals surface area (Å²) in [6.45, 7) is 7.91. The molecule has 1 rings (SSSR count). The Morgan fingerprint density at radius 1 is 1.28 bits per heavy atom. The maximum atomic E-state index is 5.91. The molecule has 0 spiro atoms. The second kappa shape index (κ2) is 6.39. The summed E-state index contributed by atoms with van der Waals surface area (Å²) in [4.78, 5) is 6.63. The number of rotatable bonds is 5. The number of pyridine rings is 1. The van der Waals surface area contributed by atoms with Gasteiger partial charge in [0.15, 0.2) is 0 Å². The number of likely N-dealkylation sites (N-methyl/N-ethyl adjacent to an activating group) is 1. The summed E-state index contributed by atoms with van der Waals surface area (Å²) in [6, 6.07) is 3.96. The molecule has 18 heavy (non-hydrogen) atoms. The molecule has 0 unspecified atom stereocenters. The highest BCUT2D eigenvalue weighted by atomic mass is 35.5. The van der Waals surface area contributed by atoms with Crippen LogP contribution in [0.3, 0.4) is 0 Å². The van der Waals surface area contributed by atoms with Crippen LogP contribution in [0.5, 0.6) is 5.88 Å². The first-order valence-corrected chi connectivity index (χ1v) is 6.71. The van der Waals surface area contributed by atoms with Gasteiger partial charge in [0.1, 0.15) is 6.61 Å². The predicted molar refractivity (Wildman–Crippen MR) is 76.5 cm³/mol. The number of hydrogen-bond acceptors (Lipinski definition) is 3. The zero-order valence-electron chi connectivity index (χ0n) is 12.0. The van der Waals surface area contributed by atoms with Crippen molar-refractivity contribution in [1.82, 2.24) is 9.88 Å². The van der Waals surface area contributed by atoms with Crippen LogP contribution < -0.4 is 4.74 Å². The lowest BCUT2D eigenvalue weighted by Gasteiger charge is -2.20. The van der Waals surface area contributed by atoms with Crippen molar-refractivity contribution in [2.45, 2.75) is 32.1 Å². The summed E-state index contributed by atoms with van der Waals surface area (Å²) in [5, 5.41) is 0. The predicted octanol–water partition coefficient (Wildman–Crippen LogP) is 3.06. The van der Waals surface area contributed by atoms with E-state index in [0.29, 0.717) is 18.4 Å². The Labute approximate surface area is 115 Å². The van der Waals surface area contributed by atoms with Crippen LogP contribution in [0.15, 0.2) is 12.1 Å². The fourth-order valence-electron chi connectivity index (χ4n) is 1.43. The molecule has 0 radical (unpaired) electrons. The van der Waals surface area contributed by atoms with Gasteiger partial charge in [-0.05, 0) is 25.7 Å². The highest BCUT2D eigenvalue weighted by molar-refractivity contribution is 6.17. The molecule has 0 amide bonds. The number of halogens is 1. The molecule has 0 saturated carbocycles. The van der Waals surface area contributed by atoms with E-state index in [9.17, 15) is 0 Å². The van der Waals surface area contributed by atoms with E-state index >= 15 is 0 Å². The van der Waals surface area contributed by atoms with Crippen molar-refractivity contribution in [3.8, 4) is 5.88 Å². The number of alkyl halides is 1. The van der Waals surface area contributed by atoms with Gasteiger partial charge in [-0.2, -0.15) is 0 Å². The average molecular weight is 271 g/mol. The normalized spacial score (nSPS) is 11.9. The summed E-state index contributed by atoms with van der Waals surface area (Å²) in [6.07, 6.45) is 0. The van der Waals surface area contributed by atoms with Gasteiger partial charge in [-0.25, -0.2) is 4.98 Å². The molecule has 102 valence electrons. The van der Waals surface area contributed by atoms with Crippen LogP contribution in [0, 0.1) is 0 Å². The van der Waals surface area contributed by atoms with Crippen LogP contribution in [-0.4, -0.2) is 37.1 Å². The molecule has 0 N–H and O–H groups in total. The van der Waals surface area contributed by atoms with Gasteiger partial charge in [0.25, 0.3) is 0 Å². The van der Waals surface area contributed by atoms with Crippen LogP contribution >= 0.6 is 11.6 Å². The molecule has 0 aromatic carbocycles.